The van der Waals surface area contributed by atoms with E-state index in [1.54, 1.807) is 7.11 Å². The number of aromatic amines is 1. The van der Waals surface area contributed by atoms with Crippen LogP contribution in [0.25, 0.3) is 0 Å². The summed E-state index contributed by atoms with van der Waals surface area (Å²) in [5, 5.41) is 3.86. The first-order chi connectivity index (χ1) is 10.1. The number of ether oxygens (including phenoxy) is 1. The quantitative estimate of drug-likeness (QED) is 0.734. The van der Waals surface area contributed by atoms with Crippen LogP contribution in [0, 0.1) is 0 Å². The summed E-state index contributed by atoms with van der Waals surface area (Å²) in [5.74, 6) is 1.76. The maximum atomic E-state index is 6.16. The van der Waals surface area contributed by atoms with E-state index in [2.05, 4.69) is 38.1 Å². The third kappa shape index (κ3) is 4.38. The molecule has 1 aromatic heterocycles. The fourth-order valence-corrected chi connectivity index (χ4v) is 2.74. The van der Waals surface area contributed by atoms with Crippen molar-refractivity contribution in [2.24, 2.45) is 0 Å². The lowest BCUT2D eigenvalue weighted by Gasteiger charge is -2.08. The molecule has 0 radical (unpaired) electrons. The Kier molecular flexibility index (Phi) is 5.94. The van der Waals surface area contributed by atoms with Gasteiger partial charge in [-0.15, -0.1) is 0 Å². The van der Waals surface area contributed by atoms with E-state index in [9.17, 15) is 0 Å². The van der Waals surface area contributed by atoms with Gasteiger partial charge in [-0.25, -0.2) is 4.98 Å². The standard InChI is InChI=1S/C15H19BrClN3O/c1-3-4-5-14-19-12(15(17)20-14)9-18-10-6-7-13(21-2)11(16)8-10/h6-8,18H,3-5,9H2,1-2H3,(H,19,20). The lowest BCUT2D eigenvalue weighted by molar-refractivity contribution is 0.412. The second-order valence-corrected chi connectivity index (χ2v) is 5.97. The molecular weight excluding hydrogens is 354 g/mol. The summed E-state index contributed by atoms with van der Waals surface area (Å²) >= 11 is 9.63. The first kappa shape index (κ1) is 16.2. The lowest BCUT2D eigenvalue weighted by Crippen LogP contribution is -2.01. The molecule has 0 aliphatic rings. The van der Waals surface area contributed by atoms with Crippen molar-refractivity contribution in [3.63, 3.8) is 0 Å². The number of hydrogen-bond acceptors (Lipinski definition) is 3. The van der Waals surface area contributed by atoms with Crippen molar-refractivity contribution < 1.29 is 4.74 Å². The highest BCUT2D eigenvalue weighted by Gasteiger charge is 2.08. The predicted molar refractivity (Wildman–Crippen MR) is 90.2 cm³/mol. The van der Waals surface area contributed by atoms with Crippen molar-refractivity contribution in [3.8, 4) is 5.75 Å². The number of rotatable bonds is 7. The zero-order valence-electron chi connectivity index (χ0n) is 12.2. The van der Waals surface area contributed by atoms with Crippen LogP contribution in [0.5, 0.6) is 5.75 Å². The maximum absolute atomic E-state index is 6.16. The molecule has 0 spiro atoms. The van der Waals surface area contributed by atoms with Crippen LogP contribution in [-0.4, -0.2) is 17.1 Å². The van der Waals surface area contributed by atoms with Gasteiger partial charge in [-0.05, 0) is 40.5 Å². The third-order valence-electron chi connectivity index (χ3n) is 3.17. The molecule has 21 heavy (non-hydrogen) atoms. The smallest absolute Gasteiger partial charge is 0.152 e. The van der Waals surface area contributed by atoms with Crippen LogP contribution >= 0.6 is 27.5 Å². The summed E-state index contributed by atoms with van der Waals surface area (Å²) < 4.78 is 6.12. The molecule has 0 amide bonds. The first-order valence-electron chi connectivity index (χ1n) is 6.94. The van der Waals surface area contributed by atoms with Crippen LogP contribution in [0.4, 0.5) is 5.69 Å². The summed E-state index contributed by atoms with van der Waals surface area (Å²) in [7, 11) is 1.65. The highest BCUT2D eigenvalue weighted by molar-refractivity contribution is 9.10. The Labute approximate surface area is 138 Å². The average Bonchev–Trinajstić information content (AvgIpc) is 2.83. The van der Waals surface area contributed by atoms with Crippen LogP contribution in [0.3, 0.4) is 0 Å². The topological polar surface area (TPSA) is 49.9 Å². The van der Waals surface area contributed by atoms with Crippen molar-refractivity contribution in [3.05, 3.63) is 39.3 Å². The molecule has 2 N–H and O–H groups in total. The number of H-pyrrole nitrogens is 1. The summed E-state index contributed by atoms with van der Waals surface area (Å²) in [5.41, 5.74) is 1.90. The van der Waals surface area contributed by atoms with Crippen molar-refractivity contribution in [1.29, 1.82) is 0 Å². The van der Waals surface area contributed by atoms with E-state index in [4.69, 9.17) is 16.3 Å². The van der Waals surface area contributed by atoms with Gasteiger partial charge in [-0.2, -0.15) is 0 Å². The summed E-state index contributed by atoms with van der Waals surface area (Å²) in [6.07, 6.45) is 3.19. The maximum Gasteiger partial charge on any atom is 0.152 e. The van der Waals surface area contributed by atoms with Crippen LogP contribution in [-0.2, 0) is 13.0 Å². The molecule has 0 bridgehead atoms. The number of anilines is 1. The van der Waals surface area contributed by atoms with Crippen molar-refractivity contribution in [2.75, 3.05) is 12.4 Å². The van der Waals surface area contributed by atoms with E-state index >= 15 is 0 Å². The van der Waals surface area contributed by atoms with Gasteiger partial charge in [0.15, 0.2) is 5.15 Å². The zero-order chi connectivity index (χ0) is 15.2. The molecular formula is C15H19BrClN3O. The van der Waals surface area contributed by atoms with Crippen LogP contribution in [0.2, 0.25) is 5.15 Å². The molecule has 0 aliphatic heterocycles. The molecule has 6 heteroatoms. The molecule has 4 nitrogen and oxygen atoms in total. The van der Waals surface area contributed by atoms with Crippen LogP contribution < -0.4 is 10.1 Å². The number of methoxy groups -OCH3 is 1. The number of benzene rings is 1. The van der Waals surface area contributed by atoms with Gasteiger partial charge in [0.1, 0.15) is 11.6 Å². The Morgan fingerprint density at radius 1 is 1.43 bits per heavy atom. The predicted octanol–water partition coefficient (Wildman–Crippen LogP) is 4.79. The van der Waals surface area contributed by atoms with Gasteiger partial charge in [0.25, 0.3) is 0 Å². The second-order valence-electron chi connectivity index (χ2n) is 4.76. The molecule has 0 saturated heterocycles. The summed E-state index contributed by atoms with van der Waals surface area (Å²) in [6, 6.07) is 5.85. The van der Waals surface area contributed by atoms with Crippen molar-refractivity contribution >= 4 is 33.2 Å². The number of unbranched alkanes of at least 4 members (excludes halogenated alkanes) is 1. The minimum atomic E-state index is 0.543. The number of aromatic nitrogens is 2. The zero-order valence-corrected chi connectivity index (χ0v) is 14.5. The number of nitrogens with one attached hydrogen (secondary N) is 2. The number of nitrogens with zero attached hydrogens (tertiary/aromatic N) is 1. The Morgan fingerprint density at radius 3 is 2.90 bits per heavy atom. The average molecular weight is 373 g/mol. The number of halogens is 2. The molecule has 114 valence electrons. The SMILES string of the molecule is CCCCc1nc(Cl)c(CNc2ccc(OC)c(Br)c2)[nH]1. The normalized spacial score (nSPS) is 10.7. The second kappa shape index (κ2) is 7.71. The fraction of sp³-hybridized carbons (Fsp3) is 0.400. The van der Waals surface area contributed by atoms with Gasteiger partial charge in [0, 0.05) is 12.1 Å². The van der Waals surface area contributed by atoms with Crippen LogP contribution in [0.1, 0.15) is 31.3 Å². The fourth-order valence-electron chi connectivity index (χ4n) is 1.99. The highest BCUT2D eigenvalue weighted by atomic mass is 79.9. The molecule has 0 fully saturated rings. The number of hydrogen-bond donors (Lipinski definition) is 2. The third-order valence-corrected chi connectivity index (χ3v) is 4.10. The van der Waals surface area contributed by atoms with Gasteiger partial charge in [-0.1, -0.05) is 24.9 Å². The molecule has 0 atom stereocenters. The Hall–Kier alpha value is -1.20. The van der Waals surface area contributed by atoms with Crippen molar-refractivity contribution in [1.82, 2.24) is 9.97 Å². The monoisotopic (exact) mass is 371 g/mol. The van der Waals surface area contributed by atoms with Gasteiger partial charge < -0.3 is 15.0 Å². The van der Waals surface area contributed by atoms with E-state index in [1.165, 1.54) is 0 Å². The molecule has 0 unspecified atom stereocenters. The lowest BCUT2D eigenvalue weighted by atomic mass is 10.2. The van der Waals surface area contributed by atoms with E-state index in [0.717, 1.165) is 46.7 Å². The highest BCUT2D eigenvalue weighted by Crippen LogP contribution is 2.28. The molecule has 0 saturated carbocycles. The van der Waals surface area contributed by atoms with E-state index in [1.807, 2.05) is 18.2 Å². The minimum Gasteiger partial charge on any atom is -0.496 e. The van der Waals surface area contributed by atoms with Gasteiger partial charge in [0.2, 0.25) is 0 Å². The molecule has 2 rings (SSSR count). The van der Waals surface area contributed by atoms with E-state index < -0.39 is 0 Å². The van der Waals surface area contributed by atoms with Gasteiger partial charge in [0.05, 0.1) is 23.8 Å². The molecule has 2 aromatic rings. The molecule has 0 aliphatic carbocycles. The summed E-state index contributed by atoms with van der Waals surface area (Å²) in [4.78, 5) is 7.63. The largest absolute Gasteiger partial charge is 0.496 e. The summed E-state index contributed by atoms with van der Waals surface area (Å²) in [6.45, 7) is 2.77. The van der Waals surface area contributed by atoms with Crippen LogP contribution in [0.15, 0.2) is 22.7 Å². The van der Waals surface area contributed by atoms with Gasteiger partial charge >= 0.3 is 0 Å². The van der Waals surface area contributed by atoms with Gasteiger partial charge in [-0.3, -0.25) is 0 Å². The van der Waals surface area contributed by atoms with E-state index in [-0.39, 0.29) is 0 Å². The Morgan fingerprint density at radius 2 is 2.24 bits per heavy atom. The number of imidazole rings is 1. The number of aryl methyl sites for hydroxylation is 1. The first-order valence-corrected chi connectivity index (χ1v) is 8.11. The Bertz CT molecular complexity index is 601. The van der Waals surface area contributed by atoms with Crippen molar-refractivity contribution in [2.45, 2.75) is 32.7 Å². The molecule has 1 heterocycles. The van der Waals surface area contributed by atoms with E-state index in [0.29, 0.717) is 11.7 Å². The minimum absolute atomic E-state index is 0.543. The molecule has 1 aromatic carbocycles. The Balaban J connectivity index is 1.99.